The van der Waals surface area contributed by atoms with Crippen molar-refractivity contribution < 1.29 is 9.13 Å². The van der Waals surface area contributed by atoms with Crippen LogP contribution in [0.1, 0.15) is 19.8 Å². The van der Waals surface area contributed by atoms with Crippen LogP contribution in [-0.2, 0) is 4.74 Å². The smallest absolute Gasteiger partial charge is 0.116 e. The van der Waals surface area contributed by atoms with Gasteiger partial charge in [0.1, 0.15) is 6.67 Å². The van der Waals surface area contributed by atoms with Crippen molar-refractivity contribution >= 4 is 0 Å². The van der Waals surface area contributed by atoms with Gasteiger partial charge in [-0.05, 0) is 12.8 Å². The van der Waals surface area contributed by atoms with Gasteiger partial charge in [-0.3, -0.25) is 0 Å². The first-order valence-corrected chi connectivity index (χ1v) is 3.77. The highest BCUT2D eigenvalue weighted by molar-refractivity contribution is 4.96. The van der Waals surface area contributed by atoms with E-state index in [1.807, 2.05) is 13.0 Å². The SMILES string of the molecule is CC/C(N)=C\CC(CF)OC. The summed E-state index contributed by atoms with van der Waals surface area (Å²) < 4.78 is 16.8. The van der Waals surface area contributed by atoms with Gasteiger partial charge in [0.05, 0.1) is 6.10 Å². The topological polar surface area (TPSA) is 35.2 Å². The highest BCUT2D eigenvalue weighted by Crippen LogP contribution is 2.01. The second-order valence-electron chi connectivity index (χ2n) is 2.38. The second kappa shape index (κ2) is 6.16. The highest BCUT2D eigenvalue weighted by atomic mass is 19.1. The average Bonchev–Trinajstić information content (AvgIpc) is 2.06. The molecule has 1 atom stereocenters. The Balaban J connectivity index is 3.65. The van der Waals surface area contributed by atoms with E-state index in [4.69, 9.17) is 10.5 Å². The lowest BCUT2D eigenvalue weighted by atomic mass is 10.2. The summed E-state index contributed by atoms with van der Waals surface area (Å²) in [7, 11) is 1.50. The van der Waals surface area contributed by atoms with Crippen molar-refractivity contribution in [1.29, 1.82) is 0 Å². The Kier molecular flexibility index (Phi) is 5.84. The van der Waals surface area contributed by atoms with E-state index in [0.29, 0.717) is 6.42 Å². The molecule has 0 aromatic rings. The molecule has 0 heterocycles. The lowest BCUT2D eigenvalue weighted by Gasteiger charge is -2.07. The number of rotatable bonds is 5. The predicted octanol–water partition coefficient (Wildman–Crippen LogP) is 1.61. The fourth-order valence-electron chi connectivity index (χ4n) is 0.649. The zero-order valence-corrected chi connectivity index (χ0v) is 7.14. The van der Waals surface area contributed by atoms with Gasteiger partial charge in [-0.1, -0.05) is 13.0 Å². The fraction of sp³-hybridized carbons (Fsp3) is 0.750. The molecule has 0 aliphatic rings. The molecule has 1 unspecified atom stereocenters. The molecule has 2 nitrogen and oxygen atoms in total. The van der Waals surface area contributed by atoms with Crippen molar-refractivity contribution in [2.75, 3.05) is 13.8 Å². The number of methoxy groups -OCH3 is 1. The third-order valence-electron chi connectivity index (χ3n) is 1.56. The van der Waals surface area contributed by atoms with Gasteiger partial charge in [-0.25, -0.2) is 4.39 Å². The summed E-state index contributed by atoms with van der Waals surface area (Å²) in [6.45, 7) is 1.51. The Hall–Kier alpha value is -0.570. The van der Waals surface area contributed by atoms with Crippen molar-refractivity contribution in [3.05, 3.63) is 11.8 Å². The lowest BCUT2D eigenvalue weighted by Crippen LogP contribution is -2.12. The van der Waals surface area contributed by atoms with Crippen LogP contribution < -0.4 is 5.73 Å². The molecule has 2 N–H and O–H groups in total. The quantitative estimate of drug-likeness (QED) is 0.665. The van der Waals surface area contributed by atoms with E-state index in [1.165, 1.54) is 7.11 Å². The molecule has 11 heavy (non-hydrogen) atoms. The maximum absolute atomic E-state index is 12.0. The summed E-state index contributed by atoms with van der Waals surface area (Å²) in [4.78, 5) is 0. The number of hydrogen-bond acceptors (Lipinski definition) is 2. The molecular weight excluding hydrogens is 145 g/mol. The van der Waals surface area contributed by atoms with Gasteiger partial charge in [0.25, 0.3) is 0 Å². The summed E-state index contributed by atoms with van der Waals surface area (Å²) >= 11 is 0. The minimum Gasteiger partial charge on any atom is -0.402 e. The van der Waals surface area contributed by atoms with E-state index >= 15 is 0 Å². The number of nitrogens with two attached hydrogens (primary N) is 1. The summed E-state index contributed by atoms with van der Waals surface area (Å²) in [5.41, 5.74) is 6.31. The Morgan fingerprint density at radius 1 is 1.73 bits per heavy atom. The second-order valence-corrected chi connectivity index (χ2v) is 2.38. The maximum Gasteiger partial charge on any atom is 0.116 e. The number of alkyl halides is 1. The van der Waals surface area contributed by atoms with Gasteiger partial charge in [-0.2, -0.15) is 0 Å². The molecular formula is C8H16FNO. The minimum atomic E-state index is -0.454. The van der Waals surface area contributed by atoms with Crippen molar-refractivity contribution in [3.63, 3.8) is 0 Å². The Bertz CT molecular complexity index is 121. The van der Waals surface area contributed by atoms with Crippen LogP contribution in [0.15, 0.2) is 11.8 Å². The Labute approximate surface area is 67.2 Å². The zero-order chi connectivity index (χ0) is 8.69. The van der Waals surface area contributed by atoms with Crippen LogP contribution in [-0.4, -0.2) is 19.9 Å². The molecule has 0 radical (unpaired) electrons. The van der Waals surface area contributed by atoms with Crippen LogP contribution >= 0.6 is 0 Å². The minimum absolute atomic E-state index is 0.333. The normalized spacial score (nSPS) is 15.0. The number of hydrogen-bond donors (Lipinski definition) is 1. The molecule has 0 bridgehead atoms. The molecule has 0 aromatic carbocycles. The first-order chi connectivity index (χ1) is 5.24. The summed E-state index contributed by atoms with van der Waals surface area (Å²) in [6.07, 6.45) is 2.85. The number of allylic oxidation sites excluding steroid dienone is 1. The van der Waals surface area contributed by atoms with Crippen LogP contribution in [0.5, 0.6) is 0 Å². The van der Waals surface area contributed by atoms with Gasteiger partial charge < -0.3 is 10.5 Å². The molecule has 0 amide bonds. The van der Waals surface area contributed by atoms with E-state index in [1.54, 1.807) is 0 Å². The molecule has 0 spiro atoms. The molecule has 0 saturated carbocycles. The lowest BCUT2D eigenvalue weighted by molar-refractivity contribution is 0.0817. The molecule has 0 aliphatic carbocycles. The van der Waals surface area contributed by atoms with Gasteiger partial charge in [-0.15, -0.1) is 0 Å². The summed E-state index contributed by atoms with van der Waals surface area (Å²) in [5.74, 6) is 0. The van der Waals surface area contributed by atoms with Gasteiger partial charge in [0, 0.05) is 12.8 Å². The van der Waals surface area contributed by atoms with Crippen LogP contribution in [0.3, 0.4) is 0 Å². The van der Waals surface area contributed by atoms with Gasteiger partial charge >= 0.3 is 0 Å². The van der Waals surface area contributed by atoms with Crippen molar-refractivity contribution in [2.45, 2.75) is 25.9 Å². The zero-order valence-electron chi connectivity index (χ0n) is 7.14. The van der Waals surface area contributed by atoms with Crippen LogP contribution in [0, 0.1) is 0 Å². The number of halogens is 1. The largest absolute Gasteiger partial charge is 0.402 e. The molecule has 3 heteroatoms. The molecule has 0 rings (SSSR count). The maximum atomic E-state index is 12.0. The van der Waals surface area contributed by atoms with Crippen LogP contribution in [0.2, 0.25) is 0 Å². The summed E-state index contributed by atoms with van der Waals surface area (Å²) in [5, 5.41) is 0. The molecule has 0 aromatic heterocycles. The van der Waals surface area contributed by atoms with E-state index < -0.39 is 6.67 Å². The molecule has 66 valence electrons. The van der Waals surface area contributed by atoms with Crippen LogP contribution in [0.25, 0.3) is 0 Å². The third kappa shape index (κ3) is 4.79. The Morgan fingerprint density at radius 2 is 2.36 bits per heavy atom. The average molecular weight is 161 g/mol. The van der Waals surface area contributed by atoms with Gasteiger partial charge in [0.15, 0.2) is 0 Å². The van der Waals surface area contributed by atoms with E-state index in [2.05, 4.69) is 0 Å². The molecule has 0 saturated heterocycles. The number of ether oxygens (including phenoxy) is 1. The molecule has 0 aliphatic heterocycles. The van der Waals surface area contributed by atoms with Gasteiger partial charge in [0.2, 0.25) is 0 Å². The first kappa shape index (κ1) is 10.4. The first-order valence-electron chi connectivity index (χ1n) is 3.77. The van der Waals surface area contributed by atoms with Crippen molar-refractivity contribution in [2.24, 2.45) is 5.73 Å². The monoisotopic (exact) mass is 161 g/mol. The standard InChI is InChI=1S/C8H16FNO/c1-3-7(10)4-5-8(6-9)11-2/h4,8H,3,5-6,10H2,1-2H3/b7-4+. The van der Waals surface area contributed by atoms with Crippen LogP contribution in [0.4, 0.5) is 4.39 Å². The Morgan fingerprint density at radius 3 is 2.73 bits per heavy atom. The van der Waals surface area contributed by atoms with Crippen molar-refractivity contribution in [3.8, 4) is 0 Å². The van der Waals surface area contributed by atoms with E-state index in [9.17, 15) is 4.39 Å². The van der Waals surface area contributed by atoms with Crippen molar-refractivity contribution in [1.82, 2.24) is 0 Å². The fourth-order valence-corrected chi connectivity index (χ4v) is 0.649. The predicted molar refractivity (Wildman–Crippen MR) is 44.0 cm³/mol. The highest BCUT2D eigenvalue weighted by Gasteiger charge is 2.03. The third-order valence-corrected chi connectivity index (χ3v) is 1.56. The summed E-state index contributed by atoms with van der Waals surface area (Å²) in [6, 6.07) is 0. The van der Waals surface area contributed by atoms with E-state index in [-0.39, 0.29) is 6.10 Å². The van der Waals surface area contributed by atoms with E-state index in [0.717, 1.165) is 12.1 Å². The molecule has 0 fully saturated rings.